The van der Waals surface area contributed by atoms with E-state index >= 15 is 0 Å². The van der Waals surface area contributed by atoms with Gasteiger partial charge in [0.1, 0.15) is 0 Å². The van der Waals surface area contributed by atoms with E-state index < -0.39 is 5.97 Å². The molecule has 2 N–H and O–H groups in total. The van der Waals surface area contributed by atoms with Crippen LogP contribution in [0.5, 0.6) is 0 Å². The van der Waals surface area contributed by atoms with Crippen LogP contribution in [0.1, 0.15) is 29.2 Å². The smallest absolute Gasteiger partial charge is 0.339 e. The predicted molar refractivity (Wildman–Crippen MR) is 72.4 cm³/mol. The van der Waals surface area contributed by atoms with Gasteiger partial charge in [0.15, 0.2) is 0 Å². The molecule has 2 aromatic rings. The Morgan fingerprint density at radius 1 is 1.50 bits per heavy atom. The first-order valence-electron chi connectivity index (χ1n) is 6.12. The molecule has 0 spiro atoms. The van der Waals surface area contributed by atoms with Gasteiger partial charge in [-0.05, 0) is 53.2 Å². The molecular formula is C12H13N5O2S. The van der Waals surface area contributed by atoms with Crippen molar-refractivity contribution in [2.24, 2.45) is 0 Å². The molecule has 8 heteroatoms. The van der Waals surface area contributed by atoms with Crippen LogP contribution in [0.15, 0.2) is 28.3 Å². The average Bonchev–Trinajstić information content (AvgIpc) is 3.20. The number of esters is 1. The lowest BCUT2D eigenvalue weighted by molar-refractivity contribution is 0.0597. The molecule has 104 valence electrons. The first-order valence-corrected chi connectivity index (χ1v) is 6.94. The Labute approximate surface area is 119 Å². The lowest BCUT2D eigenvalue weighted by Gasteiger charge is -2.08. The highest BCUT2D eigenvalue weighted by Crippen LogP contribution is 2.38. The molecule has 1 fully saturated rings. The van der Waals surface area contributed by atoms with E-state index in [9.17, 15) is 4.79 Å². The quantitative estimate of drug-likeness (QED) is 0.674. The zero-order valence-corrected chi connectivity index (χ0v) is 11.6. The Morgan fingerprint density at radius 3 is 3.00 bits per heavy atom. The van der Waals surface area contributed by atoms with Gasteiger partial charge in [0.05, 0.1) is 18.7 Å². The average molecular weight is 291 g/mol. The molecule has 7 nitrogen and oxygen atoms in total. The third kappa shape index (κ3) is 2.46. The number of aromatic nitrogens is 4. The van der Waals surface area contributed by atoms with Crippen molar-refractivity contribution >= 4 is 23.4 Å². The Kier molecular flexibility index (Phi) is 3.31. The lowest BCUT2D eigenvalue weighted by atomic mass is 10.2. The van der Waals surface area contributed by atoms with E-state index in [1.807, 2.05) is 0 Å². The highest BCUT2D eigenvalue weighted by atomic mass is 32.2. The summed E-state index contributed by atoms with van der Waals surface area (Å²) in [5.41, 5.74) is 6.65. The molecule has 0 amide bonds. The van der Waals surface area contributed by atoms with Crippen molar-refractivity contribution in [3.8, 4) is 0 Å². The predicted octanol–water partition coefficient (Wildman–Crippen LogP) is 1.53. The third-order valence-electron chi connectivity index (χ3n) is 2.97. The minimum Gasteiger partial charge on any atom is -0.465 e. The second-order valence-corrected chi connectivity index (χ2v) is 5.50. The number of nitrogens with two attached hydrogens (primary N) is 1. The first kappa shape index (κ1) is 12.9. The SMILES string of the molecule is COC(=O)c1cc(N)ccc1Sc1nnnn1C1CC1. The van der Waals surface area contributed by atoms with Crippen molar-refractivity contribution in [2.45, 2.75) is 28.9 Å². The van der Waals surface area contributed by atoms with E-state index in [1.54, 1.807) is 22.9 Å². The molecule has 1 heterocycles. The number of hydrogen-bond donors (Lipinski definition) is 1. The number of methoxy groups -OCH3 is 1. The minimum absolute atomic E-state index is 0.378. The van der Waals surface area contributed by atoms with E-state index in [0.29, 0.717) is 22.4 Å². The molecule has 0 unspecified atom stereocenters. The van der Waals surface area contributed by atoms with Crippen molar-refractivity contribution in [2.75, 3.05) is 12.8 Å². The first-order chi connectivity index (χ1) is 9.69. The van der Waals surface area contributed by atoms with E-state index in [4.69, 9.17) is 10.5 Å². The summed E-state index contributed by atoms with van der Waals surface area (Å²) in [6.45, 7) is 0. The monoisotopic (exact) mass is 291 g/mol. The van der Waals surface area contributed by atoms with Crippen molar-refractivity contribution in [3.63, 3.8) is 0 Å². The van der Waals surface area contributed by atoms with Gasteiger partial charge in [-0.25, -0.2) is 9.48 Å². The van der Waals surface area contributed by atoms with Crippen molar-refractivity contribution in [3.05, 3.63) is 23.8 Å². The van der Waals surface area contributed by atoms with E-state index in [-0.39, 0.29) is 0 Å². The number of nitrogen functional groups attached to an aromatic ring is 1. The van der Waals surface area contributed by atoms with Gasteiger partial charge in [-0.15, -0.1) is 5.10 Å². The van der Waals surface area contributed by atoms with Gasteiger partial charge in [0.2, 0.25) is 5.16 Å². The fraction of sp³-hybridized carbons (Fsp3) is 0.333. The molecule has 1 aromatic heterocycles. The maximum Gasteiger partial charge on any atom is 0.339 e. The van der Waals surface area contributed by atoms with Crippen molar-refractivity contribution < 1.29 is 9.53 Å². The van der Waals surface area contributed by atoms with Gasteiger partial charge in [0.25, 0.3) is 0 Å². The number of hydrogen-bond acceptors (Lipinski definition) is 7. The summed E-state index contributed by atoms with van der Waals surface area (Å²) >= 11 is 1.34. The second-order valence-electron chi connectivity index (χ2n) is 4.49. The van der Waals surface area contributed by atoms with Gasteiger partial charge >= 0.3 is 5.97 Å². The molecule has 20 heavy (non-hydrogen) atoms. The fourth-order valence-corrected chi connectivity index (χ4v) is 2.75. The van der Waals surface area contributed by atoms with Gasteiger partial charge in [-0.3, -0.25) is 0 Å². The summed E-state index contributed by atoms with van der Waals surface area (Å²) in [4.78, 5) is 12.5. The third-order valence-corrected chi connectivity index (χ3v) is 3.99. The summed E-state index contributed by atoms with van der Waals surface area (Å²) < 4.78 is 6.57. The van der Waals surface area contributed by atoms with Gasteiger partial charge in [-0.2, -0.15) is 0 Å². The fourth-order valence-electron chi connectivity index (χ4n) is 1.81. The van der Waals surface area contributed by atoms with Crippen LogP contribution in [0.3, 0.4) is 0 Å². The summed E-state index contributed by atoms with van der Waals surface area (Å²) in [6, 6.07) is 5.49. The van der Waals surface area contributed by atoms with Crippen LogP contribution in [-0.2, 0) is 4.74 Å². The van der Waals surface area contributed by atoms with E-state index in [0.717, 1.165) is 17.7 Å². The summed E-state index contributed by atoms with van der Waals surface area (Å²) in [5, 5.41) is 12.3. The highest BCUT2D eigenvalue weighted by Gasteiger charge is 2.28. The highest BCUT2D eigenvalue weighted by molar-refractivity contribution is 7.99. The Hall–Kier alpha value is -2.09. The topological polar surface area (TPSA) is 95.9 Å². The zero-order chi connectivity index (χ0) is 14.1. The molecule has 1 aliphatic rings. The maximum absolute atomic E-state index is 11.8. The normalized spacial score (nSPS) is 14.2. The Balaban J connectivity index is 1.93. The van der Waals surface area contributed by atoms with Crippen LogP contribution in [-0.4, -0.2) is 33.3 Å². The molecule has 0 aliphatic heterocycles. The lowest BCUT2D eigenvalue weighted by Crippen LogP contribution is -2.05. The Morgan fingerprint density at radius 2 is 2.30 bits per heavy atom. The molecule has 0 radical (unpaired) electrons. The van der Waals surface area contributed by atoms with Crippen LogP contribution in [0, 0.1) is 0 Å². The summed E-state index contributed by atoms with van der Waals surface area (Å²) in [5.74, 6) is -0.426. The number of ether oxygens (including phenoxy) is 1. The number of carbonyl (C=O) groups excluding carboxylic acids is 1. The largest absolute Gasteiger partial charge is 0.465 e. The van der Waals surface area contributed by atoms with Crippen LogP contribution in [0.4, 0.5) is 5.69 Å². The van der Waals surface area contributed by atoms with Crippen molar-refractivity contribution in [1.29, 1.82) is 0 Å². The molecule has 0 saturated heterocycles. The van der Waals surface area contributed by atoms with Crippen LogP contribution < -0.4 is 5.73 Å². The summed E-state index contributed by atoms with van der Waals surface area (Å²) in [6.07, 6.45) is 2.17. The molecule has 3 rings (SSSR count). The van der Waals surface area contributed by atoms with Crippen LogP contribution in [0.2, 0.25) is 0 Å². The molecule has 1 aliphatic carbocycles. The number of carbonyl (C=O) groups is 1. The van der Waals surface area contributed by atoms with E-state index in [1.165, 1.54) is 18.9 Å². The molecule has 0 bridgehead atoms. The number of rotatable bonds is 4. The van der Waals surface area contributed by atoms with Crippen LogP contribution >= 0.6 is 11.8 Å². The number of anilines is 1. The Bertz CT molecular complexity index is 653. The standard InChI is InChI=1S/C12H13N5O2S/c1-19-11(18)9-6-7(13)2-5-10(9)20-12-14-15-16-17(12)8-3-4-8/h2,5-6,8H,3-4,13H2,1H3. The maximum atomic E-state index is 11.8. The van der Waals surface area contributed by atoms with E-state index in [2.05, 4.69) is 15.5 Å². The molecular weight excluding hydrogens is 278 g/mol. The van der Waals surface area contributed by atoms with Gasteiger partial charge in [0, 0.05) is 10.6 Å². The number of benzene rings is 1. The molecule has 0 atom stereocenters. The van der Waals surface area contributed by atoms with Gasteiger partial charge in [-0.1, -0.05) is 0 Å². The van der Waals surface area contributed by atoms with Crippen molar-refractivity contribution in [1.82, 2.24) is 20.2 Å². The molecule has 1 aromatic carbocycles. The summed E-state index contributed by atoms with van der Waals surface area (Å²) in [7, 11) is 1.34. The van der Waals surface area contributed by atoms with Gasteiger partial charge < -0.3 is 10.5 Å². The number of nitrogens with zero attached hydrogens (tertiary/aromatic N) is 4. The van der Waals surface area contributed by atoms with Crippen LogP contribution in [0.25, 0.3) is 0 Å². The minimum atomic E-state index is -0.426. The second kappa shape index (κ2) is 5.12. The zero-order valence-electron chi connectivity index (χ0n) is 10.8. The number of tetrazole rings is 1. The molecule has 1 saturated carbocycles.